The molecule has 4 atom stereocenters. The molecule has 0 radical (unpaired) electrons. The van der Waals surface area contributed by atoms with Crippen molar-refractivity contribution in [2.24, 2.45) is 17.8 Å². The van der Waals surface area contributed by atoms with Crippen LogP contribution in [0.3, 0.4) is 0 Å². The molecule has 0 amide bonds. The molecule has 1 aromatic carbocycles. The van der Waals surface area contributed by atoms with Crippen LogP contribution in [0.5, 0.6) is 0 Å². The fraction of sp³-hybridized carbons (Fsp3) is 0.700. The molecule has 0 aromatic heterocycles. The van der Waals surface area contributed by atoms with Gasteiger partial charge in [0.25, 0.3) is 0 Å². The van der Waals surface area contributed by atoms with Crippen molar-refractivity contribution in [2.75, 3.05) is 6.54 Å². The summed E-state index contributed by atoms with van der Waals surface area (Å²) in [5.41, 5.74) is 3.29. The quantitative estimate of drug-likeness (QED) is 0.837. The van der Waals surface area contributed by atoms with E-state index >= 15 is 0 Å². The van der Waals surface area contributed by atoms with Gasteiger partial charge in [-0.2, -0.15) is 0 Å². The summed E-state index contributed by atoms with van der Waals surface area (Å²) < 4.78 is 0. The topological polar surface area (TPSA) is 12.0 Å². The molecule has 1 aromatic rings. The number of aryl methyl sites for hydroxylation is 1. The van der Waals surface area contributed by atoms with Crippen LogP contribution in [0.4, 0.5) is 0 Å². The number of hydrogen-bond acceptors (Lipinski definition) is 1. The van der Waals surface area contributed by atoms with E-state index in [0.29, 0.717) is 0 Å². The van der Waals surface area contributed by atoms with Crippen LogP contribution < -0.4 is 5.32 Å². The lowest BCUT2D eigenvalue weighted by atomic mass is 9.78. The molecule has 0 spiro atoms. The number of benzene rings is 1. The fourth-order valence-corrected chi connectivity index (χ4v) is 5.52. The predicted octanol–water partition coefficient (Wildman–Crippen LogP) is 4.52. The predicted molar refractivity (Wildman–Crippen MR) is 88.5 cm³/mol. The highest BCUT2D eigenvalue weighted by Crippen LogP contribution is 2.60. The van der Waals surface area contributed by atoms with Gasteiger partial charge in [-0.3, -0.25) is 0 Å². The molecule has 1 heteroatoms. The van der Waals surface area contributed by atoms with Gasteiger partial charge in [-0.1, -0.05) is 37.6 Å². The summed E-state index contributed by atoms with van der Waals surface area (Å²) in [6.07, 6.45) is 9.99. The lowest BCUT2D eigenvalue weighted by Crippen LogP contribution is -2.34. The van der Waals surface area contributed by atoms with Gasteiger partial charge in [-0.25, -0.2) is 0 Å². The van der Waals surface area contributed by atoms with E-state index in [9.17, 15) is 0 Å². The normalized spacial score (nSPS) is 35.1. The third-order valence-electron chi connectivity index (χ3n) is 6.44. The van der Waals surface area contributed by atoms with Crippen molar-refractivity contribution in [1.82, 2.24) is 5.32 Å². The summed E-state index contributed by atoms with van der Waals surface area (Å²) in [5, 5.41) is 3.85. The van der Waals surface area contributed by atoms with Crippen LogP contribution in [0.2, 0.25) is 0 Å². The van der Waals surface area contributed by atoms with Crippen molar-refractivity contribution in [3.05, 3.63) is 35.4 Å². The highest BCUT2D eigenvalue weighted by molar-refractivity contribution is 5.32. The van der Waals surface area contributed by atoms with Gasteiger partial charge in [0.05, 0.1) is 0 Å². The molecule has 2 fully saturated rings. The van der Waals surface area contributed by atoms with Gasteiger partial charge in [-0.15, -0.1) is 0 Å². The van der Waals surface area contributed by atoms with E-state index in [1.54, 1.807) is 11.1 Å². The minimum atomic E-state index is 0.779. The summed E-state index contributed by atoms with van der Waals surface area (Å²) in [7, 11) is 0. The van der Waals surface area contributed by atoms with Crippen molar-refractivity contribution in [3.8, 4) is 0 Å². The van der Waals surface area contributed by atoms with Gasteiger partial charge < -0.3 is 5.32 Å². The zero-order valence-corrected chi connectivity index (χ0v) is 13.4. The Morgan fingerprint density at radius 3 is 2.71 bits per heavy atom. The Balaban J connectivity index is 1.49. The smallest absolute Gasteiger partial charge is 0.0106 e. The summed E-state index contributed by atoms with van der Waals surface area (Å²) >= 11 is 0. The number of fused-ring (bicyclic) bond motifs is 2. The molecule has 0 bridgehead atoms. The van der Waals surface area contributed by atoms with E-state index in [2.05, 4.69) is 36.5 Å². The Kier molecular flexibility index (Phi) is 3.79. The van der Waals surface area contributed by atoms with E-state index in [-0.39, 0.29) is 0 Å². The molecule has 4 unspecified atom stereocenters. The number of rotatable bonds is 5. The maximum Gasteiger partial charge on any atom is 0.0106 e. The van der Waals surface area contributed by atoms with Crippen LogP contribution in [0, 0.1) is 17.8 Å². The van der Waals surface area contributed by atoms with E-state index < -0.39 is 0 Å². The second-order valence-electron chi connectivity index (χ2n) is 7.52. The summed E-state index contributed by atoms with van der Waals surface area (Å²) in [5.74, 6) is 3.97. The van der Waals surface area contributed by atoms with Crippen molar-refractivity contribution in [3.63, 3.8) is 0 Å². The second kappa shape index (κ2) is 5.76. The van der Waals surface area contributed by atoms with Gasteiger partial charge in [0, 0.05) is 6.04 Å². The molecular formula is C20H29N. The van der Waals surface area contributed by atoms with Crippen molar-refractivity contribution >= 4 is 0 Å². The standard InChI is InChI=1S/C20H29N/c1-2-21-19(20-17-11-6-12-18(17)20)13-15-9-5-8-14-7-3-4-10-16(14)15/h3-4,7,10,15,17-21H,2,5-6,8-9,11-13H2,1H3. The maximum absolute atomic E-state index is 3.85. The zero-order chi connectivity index (χ0) is 14.2. The Labute approximate surface area is 129 Å². The summed E-state index contributed by atoms with van der Waals surface area (Å²) in [6.45, 7) is 3.41. The van der Waals surface area contributed by atoms with Crippen LogP contribution in [0.1, 0.15) is 62.5 Å². The van der Waals surface area contributed by atoms with Crippen LogP contribution in [-0.4, -0.2) is 12.6 Å². The average Bonchev–Trinajstić information content (AvgIpc) is 2.99. The highest BCUT2D eigenvalue weighted by Gasteiger charge is 2.55. The minimum Gasteiger partial charge on any atom is -0.314 e. The second-order valence-corrected chi connectivity index (χ2v) is 7.52. The SMILES string of the molecule is CCNC(CC1CCCc2ccccc21)C1C2CCCC21. The molecule has 0 heterocycles. The first kappa shape index (κ1) is 13.8. The Morgan fingerprint density at radius 1 is 1.10 bits per heavy atom. The molecule has 114 valence electrons. The van der Waals surface area contributed by atoms with Crippen LogP contribution >= 0.6 is 0 Å². The van der Waals surface area contributed by atoms with E-state index in [1.807, 2.05) is 0 Å². The molecule has 3 aliphatic carbocycles. The highest BCUT2D eigenvalue weighted by atomic mass is 14.9. The van der Waals surface area contributed by atoms with Crippen LogP contribution in [0.25, 0.3) is 0 Å². The van der Waals surface area contributed by atoms with Gasteiger partial charge in [0.15, 0.2) is 0 Å². The molecule has 1 nitrogen and oxygen atoms in total. The van der Waals surface area contributed by atoms with Crippen molar-refractivity contribution in [2.45, 2.75) is 63.8 Å². The first-order valence-corrected chi connectivity index (χ1v) is 9.19. The average molecular weight is 283 g/mol. The molecule has 4 rings (SSSR count). The molecule has 3 aliphatic rings. The van der Waals surface area contributed by atoms with Gasteiger partial charge in [0.2, 0.25) is 0 Å². The van der Waals surface area contributed by atoms with E-state index in [1.165, 1.54) is 44.9 Å². The Bertz CT molecular complexity index is 484. The van der Waals surface area contributed by atoms with Gasteiger partial charge in [0.1, 0.15) is 0 Å². The van der Waals surface area contributed by atoms with Crippen molar-refractivity contribution in [1.29, 1.82) is 0 Å². The van der Waals surface area contributed by atoms with Gasteiger partial charge >= 0.3 is 0 Å². The molecule has 21 heavy (non-hydrogen) atoms. The van der Waals surface area contributed by atoms with Crippen molar-refractivity contribution < 1.29 is 0 Å². The van der Waals surface area contributed by atoms with E-state index in [4.69, 9.17) is 0 Å². The molecular weight excluding hydrogens is 254 g/mol. The maximum atomic E-state index is 3.85. The third kappa shape index (κ3) is 2.54. The van der Waals surface area contributed by atoms with Gasteiger partial charge in [-0.05, 0) is 79.9 Å². The van der Waals surface area contributed by atoms with E-state index in [0.717, 1.165) is 36.3 Å². The first-order valence-electron chi connectivity index (χ1n) is 9.19. The Morgan fingerprint density at radius 2 is 1.90 bits per heavy atom. The fourth-order valence-electron chi connectivity index (χ4n) is 5.52. The minimum absolute atomic E-state index is 0.779. The zero-order valence-electron chi connectivity index (χ0n) is 13.4. The first-order chi connectivity index (χ1) is 10.4. The lowest BCUT2D eigenvalue weighted by Gasteiger charge is -2.30. The number of hydrogen-bond donors (Lipinski definition) is 1. The molecule has 0 aliphatic heterocycles. The summed E-state index contributed by atoms with van der Waals surface area (Å²) in [4.78, 5) is 0. The monoisotopic (exact) mass is 283 g/mol. The number of nitrogens with one attached hydrogen (secondary N) is 1. The third-order valence-corrected chi connectivity index (χ3v) is 6.44. The Hall–Kier alpha value is -0.820. The lowest BCUT2D eigenvalue weighted by molar-refractivity contribution is 0.352. The molecule has 2 saturated carbocycles. The largest absolute Gasteiger partial charge is 0.314 e. The molecule has 0 saturated heterocycles. The van der Waals surface area contributed by atoms with Crippen LogP contribution in [-0.2, 0) is 6.42 Å². The van der Waals surface area contributed by atoms with Crippen LogP contribution in [0.15, 0.2) is 24.3 Å². The molecule has 1 N–H and O–H groups in total. The summed E-state index contributed by atoms with van der Waals surface area (Å²) in [6, 6.07) is 9.99.